The smallest absolute Gasteiger partial charge is 0.226 e. The average Bonchev–Trinajstić information content (AvgIpc) is 2.94. The van der Waals surface area contributed by atoms with Crippen molar-refractivity contribution >= 4 is 5.91 Å². The first-order chi connectivity index (χ1) is 12.1. The van der Waals surface area contributed by atoms with E-state index in [1.807, 2.05) is 0 Å². The van der Waals surface area contributed by atoms with Crippen LogP contribution in [0.15, 0.2) is 18.2 Å². The number of benzene rings is 1. The number of carbonyl (C=O) groups is 1. The van der Waals surface area contributed by atoms with Gasteiger partial charge in [0.15, 0.2) is 0 Å². The van der Waals surface area contributed by atoms with Crippen LogP contribution in [0.3, 0.4) is 0 Å². The van der Waals surface area contributed by atoms with E-state index in [1.165, 1.54) is 30.4 Å². The molecule has 0 aromatic heterocycles. The highest BCUT2D eigenvalue weighted by atomic mass is 16.5. The van der Waals surface area contributed by atoms with Crippen LogP contribution in [-0.2, 0) is 11.3 Å². The highest BCUT2D eigenvalue weighted by Gasteiger charge is 2.52. The Bertz CT molecular complexity index is 594. The van der Waals surface area contributed by atoms with Crippen LogP contribution in [-0.4, -0.2) is 25.1 Å². The summed E-state index contributed by atoms with van der Waals surface area (Å²) in [5.74, 6) is 1.27. The number of aryl methyl sites for hydroxylation is 1. The first-order valence-electron chi connectivity index (χ1n) is 9.87. The van der Waals surface area contributed by atoms with E-state index in [9.17, 15) is 4.79 Å². The van der Waals surface area contributed by atoms with Crippen LogP contribution in [0.25, 0.3) is 0 Å². The quantitative estimate of drug-likeness (QED) is 0.672. The molecule has 0 unspecified atom stereocenters. The molecule has 25 heavy (non-hydrogen) atoms. The lowest BCUT2D eigenvalue weighted by Crippen LogP contribution is -2.52. The Morgan fingerprint density at radius 3 is 2.84 bits per heavy atom. The molecule has 1 spiro atoms. The van der Waals surface area contributed by atoms with Crippen LogP contribution in [0.2, 0.25) is 0 Å². The van der Waals surface area contributed by atoms with E-state index in [-0.39, 0.29) is 11.3 Å². The van der Waals surface area contributed by atoms with Gasteiger partial charge in [0.05, 0.1) is 12.0 Å². The molecule has 2 N–H and O–H groups in total. The minimum absolute atomic E-state index is 0.0659. The van der Waals surface area contributed by atoms with Gasteiger partial charge in [-0.15, -0.1) is 0 Å². The van der Waals surface area contributed by atoms with E-state index in [2.05, 4.69) is 42.7 Å². The van der Waals surface area contributed by atoms with Crippen LogP contribution in [0, 0.1) is 12.3 Å². The molecule has 138 valence electrons. The number of carbonyl (C=O) groups excluding carboxylic acids is 1. The van der Waals surface area contributed by atoms with Crippen molar-refractivity contribution in [2.45, 2.75) is 71.4 Å². The van der Waals surface area contributed by atoms with Crippen molar-refractivity contribution in [3.05, 3.63) is 29.3 Å². The third kappa shape index (κ3) is 4.35. The third-order valence-corrected chi connectivity index (χ3v) is 5.70. The summed E-state index contributed by atoms with van der Waals surface area (Å²) in [6.07, 6.45) is 7.83. The van der Waals surface area contributed by atoms with E-state index in [0.29, 0.717) is 6.04 Å². The standard InChI is InChI=1S/C21H32N2O2/c1-3-4-5-6-11-25-19-12-16(2)7-8-17(19)15-23-18-13-21(14-18)9-10-22-20(21)24/h7-8,12,18,23H,3-6,9-11,13-15H2,1-2H3,(H,22,24). The minimum atomic E-state index is -0.0659. The lowest BCUT2D eigenvalue weighted by molar-refractivity contribution is -0.133. The molecule has 1 aromatic carbocycles. The molecule has 2 fully saturated rings. The number of unbranched alkanes of at least 4 members (excludes halogenated alkanes) is 3. The molecule has 4 nitrogen and oxygen atoms in total. The van der Waals surface area contributed by atoms with Gasteiger partial charge in [0, 0.05) is 24.7 Å². The summed E-state index contributed by atoms with van der Waals surface area (Å²) in [5, 5.41) is 6.59. The second-order valence-corrected chi connectivity index (χ2v) is 7.79. The Morgan fingerprint density at radius 1 is 1.28 bits per heavy atom. The number of amides is 1. The van der Waals surface area contributed by atoms with E-state index in [4.69, 9.17) is 4.74 Å². The number of rotatable bonds is 9. The summed E-state index contributed by atoms with van der Waals surface area (Å²) >= 11 is 0. The van der Waals surface area contributed by atoms with E-state index in [0.717, 1.165) is 51.1 Å². The molecule has 1 heterocycles. The van der Waals surface area contributed by atoms with Gasteiger partial charge in [0.2, 0.25) is 5.91 Å². The van der Waals surface area contributed by atoms with Gasteiger partial charge in [0.25, 0.3) is 0 Å². The largest absolute Gasteiger partial charge is 0.493 e. The molecule has 2 aliphatic rings. The van der Waals surface area contributed by atoms with E-state index in [1.54, 1.807) is 0 Å². The highest BCUT2D eigenvalue weighted by Crippen LogP contribution is 2.46. The zero-order chi connectivity index (χ0) is 17.7. The molecule has 0 bridgehead atoms. The molecule has 1 saturated carbocycles. The Morgan fingerprint density at radius 2 is 2.12 bits per heavy atom. The fourth-order valence-electron chi connectivity index (χ4n) is 4.04. The molecule has 1 saturated heterocycles. The fraction of sp³-hybridized carbons (Fsp3) is 0.667. The molecular formula is C21H32N2O2. The van der Waals surface area contributed by atoms with Gasteiger partial charge in [-0.25, -0.2) is 0 Å². The second kappa shape index (κ2) is 8.22. The van der Waals surface area contributed by atoms with Gasteiger partial charge < -0.3 is 15.4 Å². The Labute approximate surface area is 151 Å². The average molecular weight is 344 g/mol. The molecule has 1 aromatic rings. The maximum Gasteiger partial charge on any atom is 0.226 e. The van der Waals surface area contributed by atoms with Crippen LogP contribution in [0.1, 0.15) is 63.0 Å². The summed E-state index contributed by atoms with van der Waals surface area (Å²) < 4.78 is 6.05. The predicted octanol–water partition coefficient (Wildman–Crippen LogP) is 3.71. The third-order valence-electron chi connectivity index (χ3n) is 5.70. The molecule has 1 amide bonds. The van der Waals surface area contributed by atoms with Gasteiger partial charge >= 0.3 is 0 Å². The summed E-state index contributed by atoms with van der Waals surface area (Å²) in [7, 11) is 0. The summed E-state index contributed by atoms with van der Waals surface area (Å²) in [4.78, 5) is 11.9. The number of hydrogen-bond donors (Lipinski definition) is 2. The van der Waals surface area contributed by atoms with Crippen molar-refractivity contribution in [2.24, 2.45) is 5.41 Å². The van der Waals surface area contributed by atoms with Crippen molar-refractivity contribution in [3.63, 3.8) is 0 Å². The van der Waals surface area contributed by atoms with Crippen LogP contribution in [0.4, 0.5) is 0 Å². The topological polar surface area (TPSA) is 50.4 Å². The predicted molar refractivity (Wildman–Crippen MR) is 101 cm³/mol. The SMILES string of the molecule is CCCCCCOc1cc(C)ccc1CNC1CC2(CCNC2=O)C1. The van der Waals surface area contributed by atoms with Gasteiger partial charge in [-0.3, -0.25) is 4.79 Å². The molecule has 0 radical (unpaired) electrons. The first kappa shape index (κ1) is 18.2. The Hall–Kier alpha value is -1.55. The number of ether oxygens (including phenoxy) is 1. The summed E-state index contributed by atoms with van der Waals surface area (Å²) in [5.41, 5.74) is 2.39. The number of hydrogen-bond acceptors (Lipinski definition) is 3. The van der Waals surface area contributed by atoms with Crippen molar-refractivity contribution < 1.29 is 9.53 Å². The maximum atomic E-state index is 11.9. The number of nitrogens with one attached hydrogen (secondary N) is 2. The van der Waals surface area contributed by atoms with Crippen LogP contribution < -0.4 is 15.4 Å². The van der Waals surface area contributed by atoms with Crippen molar-refractivity contribution in [3.8, 4) is 5.75 Å². The molecule has 0 atom stereocenters. The molecule has 1 aliphatic heterocycles. The summed E-state index contributed by atoms with van der Waals surface area (Å²) in [6.45, 7) is 6.79. The van der Waals surface area contributed by atoms with Gasteiger partial charge in [-0.2, -0.15) is 0 Å². The Kier molecular flexibility index (Phi) is 6.00. The summed E-state index contributed by atoms with van der Waals surface area (Å²) in [6, 6.07) is 6.90. The van der Waals surface area contributed by atoms with Crippen molar-refractivity contribution in [2.75, 3.05) is 13.2 Å². The van der Waals surface area contributed by atoms with Gasteiger partial charge in [-0.1, -0.05) is 38.3 Å². The normalized spacial score (nSPS) is 25.0. The highest BCUT2D eigenvalue weighted by molar-refractivity contribution is 5.85. The lowest BCUT2D eigenvalue weighted by atomic mass is 9.64. The van der Waals surface area contributed by atoms with E-state index < -0.39 is 0 Å². The van der Waals surface area contributed by atoms with Gasteiger partial charge in [0.1, 0.15) is 5.75 Å². The van der Waals surface area contributed by atoms with Crippen molar-refractivity contribution in [1.82, 2.24) is 10.6 Å². The lowest BCUT2D eigenvalue weighted by Gasteiger charge is -2.43. The Balaban J connectivity index is 1.48. The fourth-order valence-corrected chi connectivity index (χ4v) is 4.04. The monoisotopic (exact) mass is 344 g/mol. The molecule has 4 heteroatoms. The van der Waals surface area contributed by atoms with Crippen LogP contribution in [0.5, 0.6) is 5.75 Å². The van der Waals surface area contributed by atoms with Crippen LogP contribution >= 0.6 is 0 Å². The molecule has 3 rings (SSSR count). The minimum Gasteiger partial charge on any atom is -0.493 e. The maximum absolute atomic E-state index is 11.9. The van der Waals surface area contributed by atoms with E-state index >= 15 is 0 Å². The van der Waals surface area contributed by atoms with Crippen molar-refractivity contribution in [1.29, 1.82) is 0 Å². The van der Waals surface area contributed by atoms with Gasteiger partial charge in [-0.05, 0) is 44.2 Å². The molecule has 1 aliphatic carbocycles. The zero-order valence-corrected chi connectivity index (χ0v) is 15.7. The molecular weight excluding hydrogens is 312 g/mol. The second-order valence-electron chi connectivity index (χ2n) is 7.79. The zero-order valence-electron chi connectivity index (χ0n) is 15.7. The first-order valence-corrected chi connectivity index (χ1v) is 9.87.